The number of benzene rings is 1. The number of furan rings is 1. The number of hydrogen-bond acceptors (Lipinski definition) is 7. The van der Waals surface area contributed by atoms with E-state index in [1.807, 2.05) is 35.2 Å². The van der Waals surface area contributed by atoms with Crippen LogP contribution < -0.4 is 0 Å². The van der Waals surface area contributed by atoms with Gasteiger partial charge in [0.05, 0.1) is 17.5 Å². The monoisotopic (exact) mass is 481 g/mol. The lowest BCUT2D eigenvalue weighted by atomic mass is 10.1. The van der Waals surface area contributed by atoms with E-state index in [9.17, 15) is 4.79 Å². The molecule has 5 nitrogen and oxygen atoms in total. The topological polar surface area (TPSA) is 49.6 Å². The quantitative estimate of drug-likeness (QED) is 0.316. The van der Waals surface area contributed by atoms with E-state index in [4.69, 9.17) is 9.40 Å². The van der Waals surface area contributed by atoms with E-state index in [1.165, 1.54) is 4.88 Å². The van der Waals surface area contributed by atoms with E-state index >= 15 is 0 Å². The SMILES string of the molecule is O=C(c1ccccc1SCc1cccs1)N1CCN(Cc2csc(-c3ccco3)n2)CC1. The Kier molecular flexibility index (Phi) is 6.73. The molecule has 1 saturated heterocycles. The summed E-state index contributed by atoms with van der Waals surface area (Å²) < 4.78 is 5.44. The fourth-order valence-electron chi connectivity index (χ4n) is 3.71. The predicted octanol–water partition coefficient (Wildman–Crippen LogP) is 5.71. The number of thiazole rings is 1. The van der Waals surface area contributed by atoms with Crippen LogP contribution in [0.5, 0.6) is 0 Å². The van der Waals surface area contributed by atoms with Gasteiger partial charge in [-0.1, -0.05) is 18.2 Å². The summed E-state index contributed by atoms with van der Waals surface area (Å²) in [7, 11) is 0. The van der Waals surface area contributed by atoms with E-state index in [0.29, 0.717) is 0 Å². The third-order valence-corrected chi connectivity index (χ3v) is 8.48. The lowest BCUT2D eigenvalue weighted by molar-refractivity contribution is 0.0624. The van der Waals surface area contributed by atoms with Crippen LogP contribution in [0.1, 0.15) is 20.9 Å². The minimum atomic E-state index is 0.132. The summed E-state index contributed by atoms with van der Waals surface area (Å²) in [6.07, 6.45) is 1.67. The maximum atomic E-state index is 13.3. The standard InChI is InChI=1S/C24H23N3O2S3/c28-24(20-6-1-2-8-22(20)31-17-19-5-4-14-30-19)27-11-9-26(10-12-27)15-18-16-32-23(25-18)21-7-3-13-29-21/h1-8,13-14,16H,9-12,15,17H2. The van der Waals surface area contributed by atoms with Gasteiger partial charge in [-0.2, -0.15) is 0 Å². The van der Waals surface area contributed by atoms with Crippen LogP contribution >= 0.6 is 34.4 Å². The molecule has 0 atom stereocenters. The average Bonchev–Trinajstić information content (AvgIpc) is 3.61. The molecule has 3 aromatic heterocycles. The zero-order valence-corrected chi connectivity index (χ0v) is 19.9. The highest BCUT2D eigenvalue weighted by Crippen LogP contribution is 2.29. The van der Waals surface area contributed by atoms with Crippen molar-refractivity contribution in [1.82, 2.24) is 14.8 Å². The molecule has 1 aliphatic heterocycles. The third kappa shape index (κ3) is 4.99. The number of piperazine rings is 1. The smallest absolute Gasteiger partial charge is 0.255 e. The largest absolute Gasteiger partial charge is 0.462 e. The molecule has 1 aromatic carbocycles. The molecule has 0 N–H and O–H groups in total. The van der Waals surface area contributed by atoms with Gasteiger partial charge in [0.2, 0.25) is 0 Å². The van der Waals surface area contributed by atoms with E-state index in [2.05, 4.69) is 33.9 Å². The first-order valence-electron chi connectivity index (χ1n) is 10.5. The number of amides is 1. The maximum absolute atomic E-state index is 13.3. The number of thiophene rings is 1. The summed E-state index contributed by atoms with van der Waals surface area (Å²) in [5.41, 5.74) is 1.86. The maximum Gasteiger partial charge on any atom is 0.255 e. The number of carbonyl (C=O) groups excluding carboxylic acids is 1. The molecule has 32 heavy (non-hydrogen) atoms. The molecule has 0 bridgehead atoms. The van der Waals surface area contributed by atoms with Crippen molar-refractivity contribution in [2.24, 2.45) is 0 Å². The second kappa shape index (κ2) is 10.0. The number of hydrogen-bond donors (Lipinski definition) is 0. The second-order valence-corrected chi connectivity index (χ2v) is 10.5. The van der Waals surface area contributed by atoms with Crippen LogP contribution in [0.3, 0.4) is 0 Å². The zero-order valence-electron chi connectivity index (χ0n) is 17.5. The van der Waals surface area contributed by atoms with E-state index in [-0.39, 0.29) is 5.91 Å². The number of rotatable bonds is 7. The molecule has 8 heteroatoms. The normalized spacial score (nSPS) is 14.7. The fraction of sp³-hybridized carbons (Fsp3) is 0.250. The Hall–Kier alpha value is -2.39. The summed E-state index contributed by atoms with van der Waals surface area (Å²) in [5, 5.41) is 5.10. The van der Waals surface area contributed by atoms with Crippen molar-refractivity contribution in [3.8, 4) is 10.8 Å². The van der Waals surface area contributed by atoms with Gasteiger partial charge < -0.3 is 9.32 Å². The first-order valence-corrected chi connectivity index (χ1v) is 13.2. The van der Waals surface area contributed by atoms with Gasteiger partial charge in [0, 0.05) is 53.6 Å². The highest BCUT2D eigenvalue weighted by molar-refractivity contribution is 7.98. The Morgan fingerprint density at radius 1 is 1.03 bits per heavy atom. The fourth-order valence-corrected chi connectivity index (χ4v) is 6.31. The number of aromatic nitrogens is 1. The number of carbonyl (C=O) groups is 1. The molecule has 1 aliphatic rings. The highest BCUT2D eigenvalue weighted by Gasteiger charge is 2.24. The van der Waals surface area contributed by atoms with Crippen molar-refractivity contribution in [3.63, 3.8) is 0 Å². The number of nitrogens with zero attached hydrogens (tertiary/aromatic N) is 3. The Morgan fingerprint density at radius 2 is 1.91 bits per heavy atom. The summed E-state index contributed by atoms with van der Waals surface area (Å²) >= 11 is 5.10. The van der Waals surface area contributed by atoms with Crippen LogP contribution in [0, 0.1) is 0 Å². The molecule has 1 amide bonds. The molecule has 0 aliphatic carbocycles. The lowest BCUT2D eigenvalue weighted by Crippen LogP contribution is -2.48. The summed E-state index contributed by atoms with van der Waals surface area (Å²) in [5.74, 6) is 1.84. The van der Waals surface area contributed by atoms with Crippen LogP contribution in [0.15, 0.2) is 74.9 Å². The molecule has 4 heterocycles. The summed E-state index contributed by atoms with van der Waals surface area (Å²) in [6.45, 7) is 3.97. The van der Waals surface area contributed by atoms with Gasteiger partial charge in [-0.25, -0.2) is 4.98 Å². The first kappa shape index (κ1) is 21.5. The molecule has 0 radical (unpaired) electrons. The Balaban J connectivity index is 1.17. The highest BCUT2D eigenvalue weighted by atomic mass is 32.2. The van der Waals surface area contributed by atoms with Gasteiger partial charge in [0.25, 0.3) is 5.91 Å². The lowest BCUT2D eigenvalue weighted by Gasteiger charge is -2.34. The number of thioether (sulfide) groups is 1. The van der Waals surface area contributed by atoms with E-state index in [0.717, 1.165) is 65.4 Å². The van der Waals surface area contributed by atoms with Crippen molar-refractivity contribution >= 4 is 40.3 Å². The molecular weight excluding hydrogens is 458 g/mol. The zero-order chi connectivity index (χ0) is 21.8. The Labute approximate surface area is 199 Å². The molecule has 5 rings (SSSR count). The molecule has 1 fully saturated rings. The first-order chi connectivity index (χ1) is 15.8. The van der Waals surface area contributed by atoms with Gasteiger partial charge in [-0.3, -0.25) is 9.69 Å². The molecule has 4 aromatic rings. The van der Waals surface area contributed by atoms with E-state index in [1.54, 1.807) is 40.7 Å². The van der Waals surface area contributed by atoms with Gasteiger partial charge in [-0.15, -0.1) is 34.4 Å². The van der Waals surface area contributed by atoms with Crippen molar-refractivity contribution < 1.29 is 9.21 Å². The van der Waals surface area contributed by atoms with Gasteiger partial charge in [0.15, 0.2) is 10.8 Å². The van der Waals surface area contributed by atoms with Crippen LogP contribution in [0.25, 0.3) is 10.8 Å². The minimum absolute atomic E-state index is 0.132. The van der Waals surface area contributed by atoms with Crippen LogP contribution in [0.2, 0.25) is 0 Å². The van der Waals surface area contributed by atoms with Crippen LogP contribution in [-0.4, -0.2) is 46.9 Å². The third-order valence-electron chi connectivity index (χ3n) is 5.40. The molecular formula is C24H23N3O2S3. The summed E-state index contributed by atoms with van der Waals surface area (Å²) in [6, 6.07) is 16.0. The molecule has 0 spiro atoms. The van der Waals surface area contributed by atoms with Crippen molar-refractivity contribution in [1.29, 1.82) is 0 Å². The Morgan fingerprint density at radius 3 is 2.69 bits per heavy atom. The molecule has 0 unspecified atom stereocenters. The van der Waals surface area contributed by atoms with Gasteiger partial charge in [-0.05, 0) is 35.7 Å². The predicted molar refractivity (Wildman–Crippen MR) is 131 cm³/mol. The summed E-state index contributed by atoms with van der Waals surface area (Å²) in [4.78, 5) is 24.7. The van der Waals surface area contributed by atoms with E-state index < -0.39 is 0 Å². The second-order valence-electron chi connectivity index (χ2n) is 7.55. The van der Waals surface area contributed by atoms with Crippen LogP contribution in [0.4, 0.5) is 0 Å². The minimum Gasteiger partial charge on any atom is -0.462 e. The average molecular weight is 482 g/mol. The Bertz CT molecular complexity index is 1150. The van der Waals surface area contributed by atoms with Gasteiger partial charge in [0.1, 0.15) is 0 Å². The van der Waals surface area contributed by atoms with Gasteiger partial charge >= 0.3 is 0 Å². The van der Waals surface area contributed by atoms with Crippen molar-refractivity contribution in [3.05, 3.63) is 81.7 Å². The van der Waals surface area contributed by atoms with Crippen LogP contribution in [-0.2, 0) is 12.3 Å². The molecule has 164 valence electrons. The van der Waals surface area contributed by atoms with Crippen molar-refractivity contribution in [2.45, 2.75) is 17.2 Å². The van der Waals surface area contributed by atoms with Crippen molar-refractivity contribution in [2.75, 3.05) is 26.2 Å². The molecule has 0 saturated carbocycles.